The van der Waals surface area contributed by atoms with Crippen LogP contribution in [0.25, 0.3) is 0 Å². The van der Waals surface area contributed by atoms with Crippen LogP contribution in [0.2, 0.25) is 0 Å². The van der Waals surface area contributed by atoms with Crippen molar-refractivity contribution < 1.29 is 0 Å². The van der Waals surface area contributed by atoms with Crippen molar-refractivity contribution in [1.82, 2.24) is 15.5 Å². The highest BCUT2D eigenvalue weighted by molar-refractivity contribution is 8.00. The average molecular weight is 315 g/mol. The molecule has 0 aromatic heterocycles. The summed E-state index contributed by atoms with van der Waals surface area (Å²) in [6.45, 7) is 16.1. The highest BCUT2D eigenvalue weighted by Gasteiger charge is 2.29. The minimum Gasteiger partial charge on any atom is -0.357 e. The number of hydrogen-bond acceptors (Lipinski definition) is 3. The zero-order valence-corrected chi connectivity index (χ0v) is 15.4. The molecule has 0 aliphatic carbocycles. The Morgan fingerprint density at radius 3 is 2.52 bits per heavy atom. The van der Waals surface area contributed by atoms with Crippen molar-refractivity contribution in [2.24, 2.45) is 4.99 Å². The van der Waals surface area contributed by atoms with Gasteiger partial charge in [-0.15, -0.1) is 0 Å². The molecule has 5 heteroatoms. The molecule has 0 spiro atoms. The van der Waals surface area contributed by atoms with Crippen molar-refractivity contribution in [2.45, 2.75) is 58.2 Å². The van der Waals surface area contributed by atoms with Crippen LogP contribution in [0.1, 0.15) is 47.5 Å². The summed E-state index contributed by atoms with van der Waals surface area (Å²) >= 11 is 2.07. The van der Waals surface area contributed by atoms with Gasteiger partial charge in [0.25, 0.3) is 0 Å². The third kappa shape index (κ3) is 6.47. The number of hydrogen-bond donors (Lipinski definition) is 2. The van der Waals surface area contributed by atoms with Gasteiger partial charge in [0.1, 0.15) is 0 Å². The summed E-state index contributed by atoms with van der Waals surface area (Å²) in [5.41, 5.74) is 0. The highest BCUT2D eigenvalue weighted by Crippen LogP contribution is 2.37. The van der Waals surface area contributed by atoms with Crippen LogP contribution in [-0.2, 0) is 0 Å². The number of thioether (sulfide) groups is 1. The Balaban J connectivity index is 2.48. The lowest BCUT2D eigenvalue weighted by Gasteiger charge is -2.27. The summed E-state index contributed by atoms with van der Waals surface area (Å²) in [5.74, 6) is 2.25. The lowest BCUT2D eigenvalue weighted by molar-refractivity contribution is 0.231. The number of aliphatic imine (C=N–C) groups is 1. The molecule has 0 aromatic carbocycles. The van der Waals surface area contributed by atoms with Gasteiger partial charge in [0.05, 0.1) is 6.54 Å². The summed E-state index contributed by atoms with van der Waals surface area (Å²) in [4.78, 5) is 7.27. The van der Waals surface area contributed by atoms with Crippen LogP contribution in [-0.4, -0.2) is 60.1 Å². The normalized spacial score (nSPS) is 24.4. The summed E-state index contributed by atoms with van der Waals surface area (Å²) in [6.07, 6.45) is 2.62. The molecule has 0 bridgehead atoms. The first kappa shape index (κ1) is 18.6. The molecule has 0 radical (unpaired) electrons. The molecule has 124 valence electrons. The molecule has 2 N–H and O–H groups in total. The van der Waals surface area contributed by atoms with Gasteiger partial charge in [-0.25, -0.2) is 0 Å². The Hall–Kier alpha value is -0.420. The zero-order chi connectivity index (χ0) is 15.7. The fourth-order valence-electron chi connectivity index (χ4n) is 2.77. The van der Waals surface area contributed by atoms with E-state index >= 15 is 0 Å². The van der Waals surface area contributed by atoms with E-state index in [0.717, 1.165) is 38.7 Å². The molecule has 2 atom stereocenters. The monoisotopic (exact) mass is 314 g/mol. The Kier molecular flexibility index (Phi) is 8.49. The molecule has 0 aromatic rings. The number of nitrogens with one attached hydrogen (secondary N) is 2. The number of rotatable bonds is 8. The van der Waals surface area contributed by atoms with Gasteiger partial charge in [0, 0.05) is 23.9 Å². The predicted molar refractivity (Wildman–Crippen MR) is 96.5 cm³/mol. The smallest absolute Gasteiger partial charge is 0.191 e. The fraction of sp³-hybridized carbons (Fsp3) is 0.938. The van der Waals surface area contributed by atoms with Gasteiger partial charge in [-0.05, 0) is 52.5 Å². The van der Waals surface area contributed by atoms with E-state index in [-0.39, 0.29) is 0 Å². The predicted octanol–water partition coefficient (Wildman–Crippen LogP) is 2.56. The minimum atomic E-state index is 0.340. The third-order valence-corrected chi connectivity index (χ3v) is 5.74. The molecule has 1 aliphatic heterocycles. The molecule has 0 amide bonds. The van der Waals surface area contributed by atoms with E-state index in [4.69, 9.17) is 4.99 Å². The Morgan fingerprint density at radius 1 is 1.29 bits per heavy atom. The Labute approximate surface area is 135 Å². The largest absolute Gasteiger partial charge is 0.357 e. The van der Waals surface area contributed by atoms with Crippen LogP contribution in [0, 0.1) is 0 Å². The molecule has 1 heterocycles. The maximum Gasteiger partial charge on any atom is 0.191 e. The van der Waals surface area contributed by atoms with E-state index in [0.29, 0.717) is 10.8 Å². The minimum absolute atomic E-state index is 0.340. The number of nitrogens with zero attached hydrogens (tertiary/aromatic N) is 2. The van der Waals surface area contributed by atoms with Gasteiger partial charge in [0.15, 0.2) is 5.96 Å². The number of guanidine groups is 1. The fourth-order valence-corrected chi connectivity index (χ4v) is 4.00. The molecule has 1 rings (SSSR count). The van der Waals surface area contributed by atoms with Crippen LogP contribution in [0.5, 0.6) is 0 Å². The average Bonchev–Trinajstić information content (AvgIpc) is 2.90. The number of likely N-dealkylation sites (N-methyl/N-ethyl adjacent to an activating group) is 1. The SMILES string of the molecule is CCNC(=NCC1(C)CCCS1)NCC(C)N(CC)CC. The molecule has 1 aliphatic rings. The Bertz CT molecular complexity index is 309. The van der Waals surface area contributed by atoms with Gasteiger partial charge >= 0.3 is 0 Å². The van der Waals surface area contributed by atoms with Crippen molar-refractivity contribution in [3.63, 3.8) is 0 Å². The van der Waals surface area contributed by atoms with E-state index in [9.17, 15) is 0 Å². The maximum atomic E-state index is 4.81. The topological polar surface area (TPSA) is 39.7 Å². The van der Waals surface area contributed by atoms with Gasteiger partial charge in [-0.3, -0.25) is 9.89 Å². The third-order valence-electron chi connectivity index (χ3n) is 4.22. The van der Waals surface area contributed by atoms with E-state index in [1.54, 1.807) is 0 Å². The summed E-state index contributed by atoms with van der Waals surface area (Å²) in [6, 6.07) is 0.528. The lowest BCUT2D eigenvalue weighted by atomic mass is 10.1. The first-order valence-electron chi connectivity index (χ1n) is 8.44. The first-order chi connectivity index (χ1) is 10.0. The molecule has 21 heavy (non-hydrogen) atoms. The zero-order valence-electron chi connectivity index (χ0n) is 14.5. The summed E-state index contributed by atoms with van der Waals surface area (Å²) in [7, 11) is 0. The quantitative estimate of drug-likeness (QED) is 0.533. The van der Waals surface area contributed by atoms with Crippen LogP contribution in [0.3, 0.4) is 0 Å². The first-order valence-corrected chi connectivity index (χ1v) is 9.43. The van der Waals surface area contributed by atoms with E-state index in [1.807, 2.05) is 0 Å². The van der Waals surface area contributed by atoms with Gasteiger partial charge in [-0.2, -0.15) is 11.8 Å². The summed E-state index contributed by atoms with van der Waals surface area (Å²) < 4.78 is 0.340. The van der Waals surface area contributed by atoms with Gasteiger partial charge in [-0.1, -0.05) is 13.8 Å². The van der Waals surface area contributed by atoms with Crippen LogP contribution in [0.4, 0.5) is 0 Å². The Morgan fingerprint density at radius 2 is 2.00 bits per heavy atom. The molecule has 1 fully saturated rings. The van der Waals surface area contributed by atoms with Crippen molar-refractivity contribution in [3.05, 3.63) is 0 Å². The van der Waals surface area contributed by atoms with Crippen molar-refractivity contribution >= 4 is 17.7 Å². The summed E-state index contributed by atoms with van der Waals surface area (Å²) in [5, 5.41) is 6.86. The van der Waals surface area contributed by atoms with Crippen molar-refractivity contribution in [1.29, 1.82) is 0 Å². The van der Waals surface area contributed by atoms with Crippen LogP contribution < -0.4 is 10.6 Å². The van der Waals surface area contributed by atoms with E-state index in [1.165, 1.54) is 18.6 Å². The second-order valence-corrected chi connectivity index (χ2v) is 7.73. The van der Waals surface area contributed by atoms with E-state index < -0.39 is 0 Å². The van der Waals surface area contributed by atoms with Crippen LogP contribution >= 0.6 is 11.8 Å². The van der Waals surface area contributed by atoms with Gasteiger partial charge in [0.2, 0.25) is 0 Å². The van der Waals surface area contributed by atoms with Crippen LogP contribution in [0.15, 0.2) is 4.99 Å². The highest BCUT2D eigenvalue weighted by atomic mass is 32.2. The van der Waals surface area contributed by atoms with Crippen molar-refractivity contribution in [3.8, 4) is 0 Å². The molecule has 4 nitrogen and oxygen atoms in total. The second kappa shape index (κ2) is 9.57. The second-order valence-electron chi connectivity index (χ2n) is 6.05. The van der Waals surface area contributed by atoms with Gasteiger partial charge < -0.3 is 10.6 Å². The molecule has 2 unspecified atom stereocenters. The van der Waals surface area contributed by atoms with Crippen molar-refractivity contribution in [2.75, 3.05) is 38.5 Å². The lowest BCUT2D eigenvalue weighted by Crippen LogP contribution is -2.46. The molecule has 0 saturated carbocycles. The van der Waals surface area contributed by atoms with E-state index in [2.05, 4.69) is 61.9 Å². The molecule has 1 saturated heterocycles. The molecular weight excluding hydrogens is 280 g/mol. The maximum absolute atomic E-state index is 4.81. The standard InChI is InChI=1S/C16H34N4S/c1-6-17-15(18-12-14(4)20(7-2)8-3)19-13-16(5)10-9-11-21-16/h14H,6-13H2,1-5H3,(H2,17,18,19). The molecular formula is C16H34N4S.